The molecule has 160 valence electrons. The number of hydrogen-bond donors (Lipinski definition) is 1. The van der Waals surface area contributed by atoms with Gasteiger partial charge in [-0.15, -0.1) is 0 Å². The highest BCUT2D eigenvalue weighted by Gasteiger charge is 2.28. The predicted octanol–water partition coefficient (Wildman–Crippen LogP) is 4.31. The molecule has 0 amide bonds. The molecule has 28 heavy (non-hydrogen) atoms. The SMILES string of the molecule is CCCCCC(CCC)COCC(CN1CCc2ccccc2C1)S(=O)(=O)O. The van der Waals surface area contributed by atoms with Gasteiger partial charge in [-0.2, -0.15) is 8.42 Å². The fourth-order valence-corrected chi connectivity index (χ4v) is 4.67. The molecular formula is C22H37NO4S. The molecule has 0 saturated carbocycles. The summed E-state index contributed by atoms with van der Waals surface area (Å²) >= 11 is 0. The van der Waals surface area contributed by atoms with Crippen molar-refractivity contribution in [3.05, 3.63) is 35.4 Å². The average molecular weight is 412 g/mol. The van der Waals surface area contributed by atoms with E-state index in [1.54, 1.807) is 0 Å². The molecule has 1 aliphatic heterocycles. The van der Waals surface area contributed by atoms with Crippen LogP contribution in [0.15, 0.2) is 24.3 Å². The summed E-state index contributed by atoms with van der Waals surface area (Å²) in [4.78, 5) is 2.11. The standard InChI is InChI=1S/C22H37NO4S/c1-3-5-6-10-19(9-4-2)17-27-18-22(28(24,25)26)16-23-14-13-20-11-7-8-12-21(20)15-23/h7-8,11-12,19,22H,3-6,9-10,13-18H2,1-2H3,(H,24,25,26). The second-order valence-electron chi connectivity index (χ2n) is 8.08. The number of benzene rings is 1. The number of ether oxygens (including phenoxy) is 1. The average Bonchev–Trinajstić information content (AvgIpc) is 2.66. The minimum absolute atomic E-state index is 0.0605. The molecule has 2 atom stereocenters. The van der Waals surface area contributed by atoms with E-state index in [0.29, 0.717) is 19.1 Å². The molecule has 6 heteroatoms. The molecule has 0 saturated heterocycles. The molecule has 1 aromatic rings. The Morgan fingerprint density at radius 3 is 2.50 bits per heavy atom. The van der Waals surface area contributed by atoms with Crippen molar-refractivity contribution >= 4 is 10.1 Å². The monoisotopic (exact) mass is 411 g/mol. The first kappa shape index (κ1) is 23.3. The maximum Gasteiger partial charge on any atom is 0.271 e. The van der Waals surface area contributed by atoms with Crippen LogP contribution in [0.4, 0.5) is 0 Å². The lowest BCUT2D eigenvalue weighted by atomic mass is 9.97. The molecule has 0 bridgehead atoms. The van der Waals surface area contributed by atoms with Crippen LogP contribution in [-0.2, 0) is 27.8 Å². The molecule has 5 nitrogen and oxygen atoms in total. The molecule has 1 N–H and O–H groups in total. The summed E-state index contributed by atoms with van der Waals surface area (Å²) in [6, 6.07) is 8.27. The first-order chi connectivity index (χ1) is 13.4. The molecule has 1 aliphatic rings. The molecule has 2 unspecified atom stereocenters. The molecule has 0 radical (unpaired) electrons. The summed E-state index contributed by atoms with van der Waals surface area (Å²) in [5, 5.41) is -0.893. The molecular weight excluding hydrogens is 374 g/mol. The zero-order chi connectivity index (χ0) is 20.4. The van der Waals surface area contributed by atoms with Gasteiger partial charge in [0.25, 0.3) is 10.1 Å². The number of fused-ring (bicyclic) bond motifs is 1. The molecule has 0 aliphatic carbocycles. The molecule has 2 rings (SSSR count). The van der Waals surface area contributed by atoms with Crippen LogP contribution in [0.1, 0.15) is 63.5 Å². The fourth-order valence-electron chi connectivity index (χ4n) is 4.00. The van der Waals surface area contributed by atoms with Gasteiger partial charge in [0.2, 0.25) is 0 Å². The van der Waals surface area contributed by atoms with Crippen molar-refractivity contribution in [3.63, 3.8) is 0 Å². The van der Waals surface area contributed by atoms with E-state index in [0.717, 1.165) is 38.8 Å². The Bertz CT molecular complexity index is 677. The Kier molecular flexibility index (Phi) is 9.92. The predicted molar refractivity (Wildman–Crippen MR) is 114 cm³/mol. The first-order valence-electron chi connectivity index (χ1n) is 10.8. The molecule has 1 aromatic carbocycles. The minimum Gasteiger partial charge on any atom is -0.380 e. The summed E-state index contributed by atoms with van der Waals surface area (Å²) in [7, 11) is -4.14. The molecule has 1 heterocycles. The van der Waals surface area contributed by atoms with Gasteiger partial charge >= 0.3 is 0 Å². The van der Waals surface area contributed by atoms with Crippen molar-refractivity contribution in [2.24, 2.45) is 5.92 Å². The van der Waals surface area contributed by atoms with E-state index in [-0.39, 0.29) is 6.61 Å². The van der Waals surface area contributed by atoms with Gasteiger partial charge in [-0.1, -0.05) is 63.8 Å². The Morgan fingerprint density at radius 2 is 1.82 bits per heavy atom. The van der Waals surface area contributed by atoms with E-state index in [1.807, 2.05) is 12.1 Å². The second-order valence-corrected chi connectivity index (χ2v) is 9.78. The smallest absolute Gasteiger partial charge is 0.271 e. The van der Waals surface area contributed by atoms with Crippen molar-refractivity contribution < 1.29 is 17.7 Å². The lowest BCUT2D eigenvalue weighted by Gasteiger charge is -2.31. The van der Waals surface area contributed by atoms with Gasteiger partial charge in [-0.05, 0) is 36.3 Å². The maximum atomic E-state index is 11.9. The van der Waals surface area contributed by atoms with E-state index in [2.05, 4.69) is 30.9 Å². The number of unbranched alkanes of at least 4 members (excludes halogenated alkanes) is 2. The van der Waals surface area contributed by atoms with Crippen molar-refractivity contribution in [1.82, 2.24) is 4.90 Å². The Morgan fingerprint density at radius 1 is 1.07 bits per heavy atom. The van der Waals surface area contributed by atoms with Crippen LogP contribution < -0.4 is 0 Å². The first-order valence-corrected chi connectivity index (χ1v) is 12.3. The third-order valence-corrected chi connectivity index (χ3v) is 6.79. The summed E-state index contributed by atoms with van der Waals surface area (Å²) < 4.78 is 39.3. The lowest BCUT2D eigenvalue weighted by Crippen LogP contribution is -2.42. The van der Waals surface area contributed by atoms with Crippen LogP contribution >= 0.6 is 0 Å². The summed E-state index contributed by atoms with van der Waals surface area (Å²) in [5.74, 6) is 0.473. The Labute approximate surface area is 171 Å². The van der Waals surface area contributed by atoms with Crippen LogP contribution in [-0.4, -0.2) is 49.4 Å². The largest absolute Gasteiger partial charge is 0.380 e. The highest BCUT2D eigenvalue weighted by atomic mass is 32.2. The summed E-state index contributed by atoms with van der Waals surface area (Å²) in [6.07, 6.45) is 7.86. The Balaban J connectivity index is 1.86. The second kappa shape index (κ2) is 11.9. The van der Waals surface area contributed by atoms with Crippen LogP contribution in [0.25, 0.3) is 0 Å². The zero-order valence-corrected chi connectivity index (χ0v) is 18.3. The lowest BCUT2D eigenvalue weighted by molar-refractivity contribution is 0.0825. The third-order valence-electron chi connectivity index (χ3n) is 5.66. The molecule has 0 spiro atoms. The highest BCUT2D eigenvalue weighted by Crippen LogP contribution is 2.20. The quantitative estimate of drug-likeness (QED) is 0.387. The van der Waals surface area contributed by atoms with Crippen molar-refractivity contribution in [2.45, 2.75) is 70.6 Å². The maximum absolute atomic E-state index is 11.9. The Hall–Kier alpha value is -0.950. The number of hydrogen-bond acceptors (Lipinski definition) is 4. The fraction of sp³-hybridized carbons (Fsp3) is 0.727. The van der Waals surface area contributed by atoms with Gasteiger partial charge in [0, 0.05) is 26.2 Å². The normalized spacial score (nSPS) is 17.2. The topological polar surface area (TPSA) is 66.8 Å². The van der Waals surface area contributed by atoms with E-state index in [1.165, 1.54) is 30.4 Å². The van der Waals surface area contributed by atoms with Crippen molar-refractivity contribution in [2.75, 3.05) is 26.3 Å². The van der Waals surface area contributed by atoms with E-state index in [4.69, 9.17) is 4.74 Å². The third kappa shape index (κ3) is 7.82. The van der Waals surface area contributed by atoms with Gasteiger partial charge in [0.1, 0.15) is 5.25 Å². The van der Waals surface area contributed by atoms with Crippen LogP contribution in [0.2, 0.25) is 0 Å². The number of nitrogens with zero attached hydrogens (tertiary/aromatic N) is 1. The van der Waals surface area contributed by atoms with Crippen LogP contribution in [0, 0.1) is 5.92 Å². The van der Waals surface area contributed by atoms with Crippen LogP contribution in [0.3, 0.4) is 0 Å². The minimum atomic E-state index is -4.14. The van der Waals surface area contributed by atoms with Crippen molar-refractivity contribution in [1.29, 1.82) is 0 Å². The van der Waals surface area contributed by atoms with Gasteiger partial charge in [-0.25, -0.2) is 0 Å². The summed E-state index contributed by atoms with van der Waals surface area (Å²) in [6.45, 7) is 6.83. The van der Waals surface area contributed by atoms with Gasteiger partial charge < -0.3 is 4.74 Å². The van der Waals surface area contributed by atoms with E-state index >= 15 is 0 Å². The van der Waals surface area contributed by atoms with E-state index in [9.17, 15) is 13.0 Å². The highest BCUT2D eigenvalue weighted by molar-refractivity contribution is 7.86. The van der Waals surface area contributed by atoms with Crippen LogP contribution in [0.5, 0.6) is 0 Å². The molecule has 0 aromatic heterocycles. The number of rotatable bonds is 13. The summed E-state index contributed by atoms with van der Waals surface area (Å²) in [5.41, 5.74) is 2.57. The van der Waals surface area contributed by atoms with E-state index < -0.39 is 15.4 Å². The molecule has 0 fully saturated rings. The van der Waals surface area contributed by atoms with Gasteiger partial charge in [0.05, 0.1) is 6.61 Å². The van der Waals surface area contributed by atoms with Gasteiger partial charge in [-0.3, -0.25) is 9.45 Å². The zero-order valence-electron chi connectivity index (χ0n) is 17.5. The van der Waals surface area contributed by atoms with Gasteiger partial charge in [0.15, 0.2) is 0 Å². The van der Waals surface area contributed by atoms with Crippen molar-refractivity contribution in [3.8, 4) is 0 Å².